The van der Waals surface area contributed by atoms with Gasteiger partial charge in [-0.25, -0.2) is 0 Å². The largest absolute Gasteiger partial charge is 0.508 e. The zero-order valence-electron chi connectivity index (χ0n) is 6.93. The zero-order chi connectivity index (χ0) is 10.3. The number of rotatable bonds is 1. The molecule has 1 aromatic carbocycles. The van der Waals surface area contributed by atoms with E-state index in [1.807, 2.05) is 0 Å². The predicted molar refractivity (Wildman–Crippen MR) is 48.9 cm³/mol. The molecule has 0 amide bonds. The Kier molecular flexibility index (Phi) is 1.57. The van der Waals surface area contributed by atoms with Crippen molar-refractivity contribution in [2.24, 2.45) is 0 Å². The highest BCUT2D eigenvalue weighted by molar-refractivity contribution is 5.93. The van der Waals surface area contributed by atoms with Crippen LogP contribution in [0.1, 0.15) is 0 Å². The van der Waals surface area contributed by atoms with E-state index in [9.17, 15) is 10.1 Å². The molecule has 1 aromatic heterocycles. The fraction of sp³-hybridized carbons (Fsp3) is 0. The van der Waals surface area contributed by atoms with Gasteiger partial charge in [0.1, 0.15) is 16.7 Å². The van der Waals surface area contributed by atoms with E-state index in [0.29, 0.717) is 0 Å². The topological polar surface area (TPSA) is 103 Å². The molecular formula is C8H6N2O4. The lowest BCUT2D eigenvalue weighted by atomic mass is 10.2. The van der Waals surface area contributed by atoms with E-state index >= 15 is 0 Å². The minimum Gasteiger partial charge on any atom is -0.508 e. The van der Waals surface area contributed by atoms with E-state index in [-0.39, 0.29) is 28.3 Å². The van der Waals surface area contributed by atoms with Gasteiger partial charge in [0.25, 0.3) is 5.88 Å². The lowest BCUT2D eigenvalue weighted by Crippen LogP contribution is -1.91. The lowest BCUT2D eigenvalue weighted by Gasteiger charge is -1.89. The third kappa shape index (κ3) is 1.05. The standard InChI is InChI=1S/C8H6N2O4/c9-8-7(10(12)13)5-3-4(11)1-2-6(5)14-8/h1-3,11H,9H2. The second-order valence-electron chi connectivity index (χ2n) is 2.75. The number of hydrogen-bond donors (Lipinski definition) is 2. The Morgan fingerprint density at radius 2 is 2.21 bits per heavy atom. The van der Waals surface area contributed by atoms with Crippen LogP contribution in [-0.4, -0.2) is 10.0 Å². The summed E-state index contributed by atoms with van der Waals surface area (Å²) in [5.41, 5.74) is 5.29. The highest BCUT2D eigenvalue weighted by Gasteiger charge is 2.22. The summed E-state index contributed by atoms with van der Waals surface area (Å²) in [4.78, 5) is 9.95. The van der Waals surface area contributed by atoms with Crippen molar-refractivity contribution < 1.29 is 14.4 Å². The number of phenolic OH excluding ortho intramolecular Hbond substituents is 1. The summed E-state index contributed by atoms with van der Waals surface area (Å²) in [7, 11) is 0. The monoisotopic (exact) mass is 194 g/mol. The molecule has 2 aromatic rings. The molecule has 1 heterocycles. The Hall–Kier alpha value is -2.24. The van der Waals surface area contributed by atoms with Crippen molar-refractivity contribution in [3.63, 3.8) is 0 Å². The van der Waals surface area contributed by atoms with E-state index in [1.165, 1.54) is 18.2 Å². The quantitative estimate of drug-likeness (QED) is 0.530. The summed E-state index contributed by atoms with van der Waals surface area (Å²) < 4.78 is 4.94. The summed E-state index contributed by atoms with van der Waals surface area (Å²) in [5.74, 6) is -0.322. The van der Waals surface area contributed by atoms with Gasteiger partial charge in [-0.15, -0.1) is 0 Å². The van der Waals surface area contributed by atoms with E-state index < -0.39 is 4.92 Å². The highest BCUT2D eigenvalue weighted by Crippen LogP contribution is 2.36. The van der Waals surface area contributed by atoms with Crippen molar-refractivity contribution >= 4 is 22.5 Å². The molecule has 0 spiro atoms. The van der Waals surface area contributed by atoms with Gasteiger partial charge in [0, 0.05) is 0 Å². The SMILES string of the molecule is Nc1oc2ccc(O)cc2c1[N+](=O)[O-]. The number of furan rings is 1. The molecule has 0 radical (unpaired) electrons. The fourth-order valence-corrected chi connectivity index (χ4v) is 1.28. The van der Waals surface area contributed by atoms with Gasteiger partial charge in [-0.05, 0) is 18.2 Å². The van der Waals surface area contributed by atoms with E-state index in [0.717, 1.165) is 0 Å². The molecule has 6 nitrogen and oxygen atoms in total. The minimum absolute atomic E-state index is 0.0681. The van der Waals surface area contributed by atoms with Gasteiger partial charge in [-0.2, -0.15) is 0 Å². The van der Waals surface area contributed by atoms with Crippen LogP contribution in [0.4, 0.5) is 11.6 Å². The zero-order valence-corrected chi connectivity index (χ0v) is 6.93. The van der Waals surface area contributed by atoms with Gasteiger partial charge in [-0.3, -0.25) is 10.1 Å². The molecule has 0 unspecified atom stereocenters. The van der Waals surface area contributed by atoms with Crippen molar-refractivity contribution in [1.82, 2.24) is 0 Å². The maximum Gasteiger partial charge on any atom is 0.339 e. The summed E-state index contributed by atoms with van der Waals surface area (Å²) in [5, 5.41) is 19.9. The number of phenols is 1. The first kappa shape index (κ1) is 8.36. The van der Waals surface area contributed by atoms with Crippen LogP contribution in [-0.2, 0) is 0 Å². The van der Waals surface area contributed by atoms with E-state index in [4.69, 9.17) is 15.3 Å². The van der Waals surface area contributed by atoms with Crippen molar-refractivity contribution in [2.75, 3.05) is 5.73 Å². The number of nitrogens with zero attached hydrogens (tertiary/aromatic N) is 1. The molecule has 0 fully saturated rings. The van der Waals surface area contributed by atoms with Crippen LogP contribution >= 0.6 is 0 Å². The Morgan fingerprint density at radius 3 is 2.86 bits per heavy atom. The van der Waals surface area contributed by atoms with Crippen LogP contribution in [0.25, 0.3) is 11.0 Å². The van der Waals surface area contributed by atoms with Crippen LogP contribution in [0.5, 0.6) is 5.75 Å². The van der Waals surface area contributed by atoms with Crippen LogP contribution in [0.15, 0.2) is 22.6 Å². The highest BCUT2D eigenvalue weighted by atomic mass is 16.6. The molecule has 14 heavy (non-hydrogen) atoms. The van der Waals surface area contributed by atoms with Gasteiger partial charge in [0.05, 0.1) is 4.92 Å². The number of nitro groups is 1. The molecule has 0 atom stereocenters. The molecular weight excluding hydrogens is 188 g/mol. The number of aromatic hydroxyl groups is 1. The summed E-state index contributed by atoms with van der Waals surface area (Å²) in [6.07, 6.45) is 0. The Bertz CT molecular complexity index is 517. The van der Waals surface area contributed by atoms with Crippen molar-refractivity contribution in [1.29, 1.82) is 0 Å². The van der Waals surface area contributed by atoms with Crippen LogP contribution < -0.4 is 5.73 Å². The number of nitrogens with two attached hydrogens (primary N) is 1. The molecule has 0 saturated carbocycles. The first-order chi connectivity index (χ1) is 6.59. The average molecular weight is 194 g/mol. The summed E-state index contributed by atoms with van der Waals surface area (Å²) in [6.45, 7) is 0. The molecule has 72 valence electrons. The van der Waals surface area contributed by atoms with Crippen LogP contribution in [0.2, 0.25) is 0 Å². The Labute approximate surface area is 77.7 Å². The van der Waals surface area contributed by atoms with Crippen LogP contribution in [0.3, 0.4) is 0 Å². The van der Waals surface area contributed by atoms with Gasteiger partial charge in [-0.1, -0.05) is 0 Å². The number of anilines is 1. The van der Waals surface area contributed by atoms with Crippen molar-refractivity contribution in [3.8, 4) is 5.75 Å². The van der Waals surface area contributed by atoms with Gasteiger partial charge in [0.2, 0.25) is 0 Å². The van der Waals surface area contributed by atoms with E-state index in [2.05, 4.69) is 0 Å². The van der Waals surface area contributed by atoms with Gasteiger partial charge < -0.3 is 15.3 Å². The molecule has 0 bridgehead atoms. The Morgan fingerprint density at radius 1 is 1.50 bits per heavy atom. The van der Waals surface area contributed by atoms with E-state index in [1.54, 1.807) is 0 Å². The lowest BCUT2D eigenvalue weighted by molar-refractivity contribution is -0.382. The smallest absolute Gasteiger partial charge is 0.339 e. The van der Waals surface area contributed by atoms with Crippen molar-refractivity contribution in [2.45, 2.75) is 0 Å². The summed E-state index contributed by atoms with van der Waals surface area (Å²) in [6, 6.07) is 4.04. The predicted octanol–water partition coefficient (Wildman–Crippen LogP) is 1.63. The molecule has 0 aliphatic heterocycles. The fourth-order valence-electron chi connectivity index (χ4n) is 1.28. The molecule has 0 saturated heterocycles. The summed E-state index contributed by atoms with van der Waals surface area (Å²) >= 11 is 0. The van der Waals surface area contributed by atoms with Gasteiger partial charge >= 0.3 is 5.69 Å². The third-order valence-corrected chi connectivity index (χ3v) is 1.85. The van der Waals surface area contributed by atoms with Gasteiger partial charge in [0.15, 0.2) is 0 Å². The first-order valence-corrected chi connectivity index (χ1v) is 3.75. The molecule has 2 rings (SSSR count). The second kappa shape index (κ2) is 2.63. The van der Waals surface area contributed by atoms with Crippen molar-refractivity contribution in [3.05, 3.63) is 28.3 Å². The number of benzene rings is 1. The first-order valence-electron chi connectivity index (χ1n) is 3.75. The normalized spacial score (nSPS) is 10.6. The molecule has 6 heteroatoms. The molecule has 3 N–H and O–H groups in total. The van der Waals surface area contributed by atoms with Crippen LogP contribution in [0, 0.1) is 10.1 Å². The third-order valence-electron chi connectivity index (χ3n) is 1.85. The minimum atomic E-state index is -0.638. The number of nitrogen functional groups attached to an aromatic ring is 1. The molecule has 0 aliphatic carbocycles. The number of hydrogen-bond acceptors (Lipinski definition) is 5. The maximum absolute atomic E-state index is 10.6. The second-order valence-corrected chi connectivity index (χ2v) is 2.75. The Balaban J connectivity index is 2.86. The number of fused-ring (bicyclic) bond motifs is 1. The maximum atomic E-state index is 10.6. The average Bonchev–Trinajstić information content (AvgIpc) is 2.40. The molecule has 0 aliphatic rings.